The van der Waals surface area contributed by atoms with Gasteiger partial charge in [0.1, 0.15) is 5.02 Å². The van der Waals surface area contributed by atoms with Crippen molar-refractivity contribution in [2.24, 2.45) is 0 Å². The molecule has 1 saturated heterocycles. The summed E-state index contributed by atoms with van der Waals surface area (Å²) in [4.78, 5) is 20.6. The molecule has 2 heterocycles. The molecule has 0 unspecified atom stereocenters. The van der Waals surface area contributed by atoms with Crippen molar-refractivity contribution in [1.29, 1.82) is 0 Å². The minimum absolute atomic E-state index is 0.0245. The second-order valence-electron chi connectivity index (χ2n) is 6.12. The number of amides is 1. The van der Waals surface area contributed by atoms with E-state index in [0.29, 0.717) is 36.1 Å². The van der Waals surface area contributed by atoms with Gasteiger partial charge in [0, 0.05) is 38.9 Å². The summed E-state index contributed by atoms with van der Waals surface area (Å²) < 4.78 is 5.48. The molecule has 1 N–H and O–H groups in total. The third kappa shape index (κ3) is 5.06. The Bertz CT molecular complexity index is 543. The summed E-state index contributed by atoms with van der Waals surface area (Å²) in [6.45, 7) is 8.97. The minimum atomic E-state index is -0.353. The molecule has 6 nitrogen and oxygen atoms in total. The Morgan fingerprint density at radius 2 is 2.00 bits per heavy atom. The van der Waals surface area contributed by atoms with Crippen molar-refractivity contribution < 1.29 is 14.6 Å². The van der Waals surface area contributed by atoms with Gasteiger partial charge in [-0.3, -0.25) is 9.69 Å². The lowest BCUT2D eigenvalue weighted by molar-refractivity contribution is 0.0553. The van der Waals surface area contributed by atoms with Crippen LogP contribution in [0.5, 0.6) is 5.88 Å². The predicted molar refractivity (Wildman–Crippen MR) is 89.0 cm³/mol. The number of aliphatic hydroxyl groups is 1. The van der Waals surface area contributed by atoms with Crippen molar-refractivity contribution in [3.8, 4) is 5.88 Å². The van der Waals surface area contributed by atoms with Crippen LogP contribution in [0, 0.1) is 0 Å². The monoisotopic (exact) mass is 341 g/mol. The highest BCUT2D eigenvalue weighted by Gasteiger charge is 2.23. The number of hydrogen-bond acceptors (Lipinski definition) is 5. The third-order valence-electron chi connectivity index (χ3n) is 3.58. The molecule has 1 aromatic heterocycles. The fourth-order valence-electron chi connectivity index (χ4n) is 2.54. The molecule has 1 aliphatic heterocycles. The Labute approximate surface area is 142 Å². The number of piperazine rings is 1. The van der Waals surface area contributed by atoms with Crippen LogP contribution in [0.3, 0.4) is 0 Å². The maximum atomic E-state index is 12.5. The average Bonchev–Trinajstić information content (AvgIpc) is 2.48. The summed E-state index contributed by atoms with van der Waals surface area (Å²) in [5.74, 6) is 0.271. The Hall–Kier alpha value is -1.37. The number of aromatic nitrogens is 1. The minimum Gasteiger partial charge on any atom is -0.474 e. The van der Waals surface area contributed by atoms with E-state index in [0.717, 1.165) is 13.1 Å². The van der Waals surface area contributed by atoms with Crippen LogP contribution in [-0.4, -0.2) is 70.7 Å². The molecule has 1 fully saturated rings. The summed E-state index contributed by atoms with van der Waals surface area (Å²) in [7, 11) is 0. The van der Waals surface area contributed by atoms with Gasteiger partial charge in [0.05, 0.1) is 17.8 Å². The smallest absolute Gasteiger partial charge is 0.255 e. The largest absolute Gasteiger partial charge is 0.474 e. The summed E-state index contributed by atoms with van der Waals surface area (Å²) in [6, 6.07) is 1.61. The number of β-amino-alcohol motifs (C(OH)–C–C–N with tert-alkyl or cyclic N) is 1. The number of pyridine rings is 1. The topological polar surface area (TPSA) is 65.9 Å². The Kier molecular flexibility index (Phi) is 6.21. The molecule has 1 atom stereocenters. The predicted octanol–water partition coefficient (Wildman–Crippen LogP) is 1.66. The van der Waals surface area contributed by atoms with Gasteiger partial charge in [0.2, 0.25) is 5.88 Å². The van der Waals surface area contributed by atoms with Gasteiger partial charge in [-0.2, -0.15) is 0 Å². The molecule has 1 aromatic rings. The molecule has 2 rings (SSSR count). The first-order valence-corrected chi connectivity index (χ1v) is 8.26. The zero-order valence-corrected chi connectivity index (χ0v) is 14.6. The van der Waals surface area contributed by atoms with Gasteiger partial charge in [-0.25, -0.2) is 4.98 Å². The number of ether oxygens (including phenoxy) is 1. The van der Waals surface area contributed by atoms with Crippen LogP contribution in [-0.2, 0) is 0 Å². The molecule has 0 saturated carbocycles. The van der Waals surface area contributed by atoms with Crippen LogP contribution in [0.4, 0.5) is 0 Å². The maximum absolute atomic E-state index is 12.5. The lowest BCUT2D eigenvalue weighted by Crippen LogP contribution is -2.50. The second-order valence-corrected chi connectivity index (χ2v) is 6.53. The number of aliphatic hydroxyl groups excluding tert-OH is 1. The molecule has 0 aromatic carbocycles. The molecule has 128 valence electrons. The number of hydrogen-bond donors (Lipinski definition) is 1. The van der Waals surface area contributed by atoms with E-state index in [2.05, 4.69) is 9.88 Å². The number of halogens is 1. The van der Waals surface area contributed by atoms with Crippen LogP contribution in [0.15, 0.2) is 12.3 Å². The molecule has 1 aliphatic rings. The van der Waals surface area contributed by atoms with Crippen LogP contribution in [0.2, 0.25) is 5.02 Å². The standard InChI is InChI=1S/C16H24ClN3O3/c1-11(2)23-15-14(17)8-13(9-18-15)16(22)20-6-4-19(5-7-20)10-12(3)21/h8-9,11-12,21H,4-7,10H2,1-3H3/t12-/m1/s1. The van der Waals surface area contributed by atoms with E-state index in [1.165, 1.54) is 6.20 Å². The fourth-order valence-corrected chi connectivity index (χ4v) is 2.75. The molecule has 0 radical (unpaired) electrons. The number of carbonyl (C=O) groups excluding carboxylic acids is 1. The highest BCUT2D eigenvalue weighted by atomic mass is 35.5. The van der Waals surface area contributed by atoms with Gasteiger partial charge in [-0.15, -0.1) is 0 Å². The highest BCUT2D eigenvalue weighted by molar-refractivity contribution is 6.32. The molecule has 1 amide bonds. The molecule has 7 heteroatoms. The summed E-state index contributed by atoms with van der Waals surface area (Å²) in [6.07, 6.45) is 1.13. The van der Waals surface area contributed by atoms with Crippen LogP contribution >= 0.6 is 11.6 Å². The maximum Gasteiger partial charge on any atom is 0.255 e. The summed E-state index contributed by atoms with van der Waals surface area (Å²) in [5, 5.41) is 9.76. The van der Waals surface area contributed by atoms with E-state index in [4.69, 9.17) is 16.3 Å². The van der Waals surface area contributed by atoms with Crippen molar-refractivity contribution in [3.05, 3.63) is 22.8 Å². The van der Waals surface area contributed by atoms with Crippen molar-refractivity contribution >= 4 is 17.5 Å². The number of rotatable bonds is 5. The van der Waals surface area contributed by atoms with E-state index < -0.39 is 0 Å². The first kappa shape index (κ1) is 18.0. The van der Waals surface area contributed by atoms with Gasteiger partial charge in [-0.05, 0) is 26.8 Å². The van der Waals surface area contributed by atoms with Gasteiger partial charge >= 0.3 is 0 Å². The third-order valence-corrected chi connectivity index (χ3v) is 3.85. The summed E-state index contributed by atoms with van der Waals surface area (Å²) in [5.41, 5.74) is 0.468. The van der Waals surface area contributed by atoms with Gasteiger partial charge < -0.3 is 14.7 Å². The van der Waals surface area contributed by atoms with Crippen molar-refractivity contribution in [2.45, 2.75) is 33.0 Å². The zero-order chi connectivity index (χ0) is 17.0. The van der Waals surface area contributed by atoms with E-state index >= 15 is 0 Å². The van der Waals surface area contributed by atoms with Gasteiger partial charge in [0.25, 0.3) is 5.91 Å². The molecular weight excluding hydrogens is 318 g/mol. The first-order chi connectivity index (χ1) is 10.9. The fraction of sp³-hybridized carbons (Fsp3) is 0.625. The van der Waals surface area contributed by atoms with Crippen molar-refractivity contribution in [2.75, 3.05) is 32.7 Å². The van der Waals surface area contributed by atoms with Crippen LogP contribution < -0.4 is 4.74 Å². The Balaban J connectivity index is 1.97. The quantitative estimate of drug-likeness (QED) is 0.882. The lowest BCUT2D eigenvalue weighted by atomic mass is 10.2. The first-order valence-electron chi connectivity index (χ1n) is 7.88. The lowest BCUT2D eigenvalue weighted by Gasteiger charge is -2.35. The SMILES string of the molecule is CC(C)Oc1ncc(C(=O)N2CCN(C[C@@H](C)O)CC2)cc1Cl. The zero-order valence-electron chi connectivity index (χ0n) is 13.8. The van der Waals surface area contributed by atoms with Crippen LogP contribution in [0.25, 0.3) is 0 Å². The van der Waals surface area contributed by atoms with E-state index in [9.17, 15) is 9.90 Å². The molecule has 0 bridgehead atoms. The normalized spacial score (nSPS) is 17.4. The summed E-state index contributed by atoms with van der Waals surface area (Å²) >= 11 is 6.14. The Morgan fingerprint density at radius 1 is 1.35 bits per heavy atom. The van der Waals surface area contributed by atoms with E-state index in [1.807, 2.05) is 13.8 Å². The van der Waals surface area contributed by atoms with E-state index in [1.54, 1.807) is 17.9 Å². The number of carbonyl (C=O) groups is 1. The second kappa shape index (κ2) is 7.95. The van der Waals surface area contributed by atoms with Gasteiger partial charge in [0.15, 0.2) is 0 Å². The average molecular weight is 342 g/mol. The Morgan fingerprint density at radius 3 is 2.52 bits per heavy atom. The van der Waals surface area contributed by atoms with E-state index in [-0.39, 0.29) is 18.1 Å². The molecule has 0 spiro atoms. The van der Waals surface area contributed by atoms with Crippen molar-refractivity contribution in [1.82, 2.24) is 14.8 Å². The molecular formula is C16H24ClN3O3. The molecule has 0 aliphatic carbocycles. The molecule has 23 heavy (non-hydrogen) atoms. The van der Waals surface area contributed by atoms with Gasteiger partial charge in [-0.1, -0.05) is 11.6 Å². The number of nitrogens with zero attached hydrogens (tertiary/aromatic N) is 3. The van der Waals surface area contributed by atoms with Crippen molar-refractivity contribution in [3.63, 3.8) is 0 Å². The highest BCUT2D eigenvalue weighted by Crippen LogP contribution is 2.24. The van der Waals surface area contributed by atoms with Crippen LogP contribution in [0.1, 0.15) is 31.1 Å².